The molecule has 1 heterocycles. The van der Waals surface area contributed by atoms with Crippen LogP contribution >= 0.6 is 11.8 Å². The lowest BCUT2D eigenvalue weighted by Crippen LogP contribution is -2.81. The van der Waals surface area contributed by atoms with Crippen LogP contribution in [0.2, 0.25) is 0 Å². The summed E-state index contributed by atoms with van der Waals surface area (Å²) in [5.41, 5.74) is 1.08. The Morgan fingerprint density at radius 3 is 2.62 bits per heavy atom. The van der Waals surface area contributed by atoms with Gasteiger partial charge in [0.25, 0.3) is 0 Å². The van der Waals surface area contributed by atoms with E-state index in [0.29, 0.717) is 11.5 Å². The summed E-state index contributed by atoms with van der Waals surface area (Å²) in [4.78, 5) is 14.3. The average molecular weight is 311 g/mol. The molecule has 1 amide bonds. The summed E-state index contributed by atoms with van der Waals surface area (Å²) in [5, 5.41) is 2.14. The molecule has 0 spiro atoms. The Bertz CT molecular complexity index is 510. The van der Waals surface area contributed by atoms with E-state index >= 15 is 0 Å². The van der Waals surface area contributed by atoms with Crippen molar-refractivity contribution in [2.24, 2.45) is 0 Å². The molecule has 0 radical (unpaired) electrons. The normalized spacial score (nSPS) is 21.7. The van der Waals surface area contributed by atoms with Crippen LogP contribution in [0.4, 0.5) is 0 Å². The van der Waals surface area contributed by atoms with Crippen molar-refractivity contribution in [1.29, 1.82) is 0 Å². The smallest absolute Gasteiger partial charge is 0.236 e. The number of nitrogens with two attached hydrogens (primary N) is 1. The lowest BCUT2D eigenvalue weighted by atomic mass is 10.1. The topological polar surface area (TPSA) is 55.4 Å². The number of nitrogens with zero attached hydrogens (tertiary/aromatic N) is 1. The van der Waals surface area contributed by atoms with E-state index < -0.39 is 0 Å². The number of rotatable bonds is 6. The minimum Gasteiger partial charge on any atom is -0.493 e. The van der Waals surface area contributed by atoms with E-state index in [1.165, 1.54) is 0 Å². The number of amides is 1. The Balaban J connectivity index is 2.28. The fraction of sp³-hybridized carbons (Fsp3) is 0.533. The van der Waals surface area contributed by atoms with Gasteiger partial charge in [0.15, 0.2) is 11.5 Å². The van der Waals surface area contributed by atoms with Gasteiger partial charge in [0.2, 0.25) is 5.91 Å². The van der Waals surface area contributed by atoms with Gasteiger partial charge in [-0.3, -0.25) is 4.79 Å². The van der Waals surface area contributed by atoms with Crippen LogP contribution in [0.1, 0.15) is 17.9 Å². The van der Waals surface area contributed by atoms with E-state index in [4.69, 9.17) is 9.47 Å². The number of hydrogen-bond acceptors (Lipinski definition) is 4. The number of benzene rings is 1. The molecular weight excluding hydrogens is 288 g/mol. The van der Waals surface area contributed by atoms with Crippen molar-refractivity contribution < 1.29 is 19.6 Å². The first kappa shape index (κ1) is 16.0. The molecule has 2 N–H and O–H groups in total. The van der Waals surface area contributed by atoms with E-state index in [9.17, 15) is 4.79 Å². The summed E-state index contributed by atoms with van der Waals surface area (Å²) in [6.07, 6.45) is 0. The molecule has 1 aromatic rings. The maximum atomic E-state index is 12.3. The first-order valence-corrected chi connectivity index (χ1v) is 8.02. The van der Waals surface area contributed by atoms with Gasteiger partial charge in [0, 0.05) is 0 Å². The molecule has 21 heavy (non-hydrogen) atoms. The monoisotopic (exact) mass is 311 g/mol. The van der Waals surface area contributed by atoms with E-state index in [-0.39, 0.29) is 16.5 Å². The van der Waals surface area contributed by atoms with Crippen LogP contribution in [-0.4, -0.2) is 50.4 Å². The van der Waals surface area contributed by atoms with Gasteiger partial charge in [-0.25, -0.2) is 0 Å². The minimum atomic E-state index is -0.0000438. The van der Waals surface area contributed by atoms with E-state index in [2.05, 4.69) is 5.32 Å². The van der Waals surface area contributed by atoms with Gasteiger partial charge >= 0.3 is 0 Å². The Morgan fingerprint density at radius 2 is 2.00 bits per heavy atom. The number of carbonyl (C=O) groups is 1. The third-order valence-electron chi connectivity index (χ3n) is 3.60. The molecule has 0 unspecified atom stereocenters. The van der Waals surface area contributed by atoms with Crippen LogP contribution in [0.15, 0.2) is 18.2 Å². The predicted octanol–water partition coefficient (Wildman–Crippen LogP) is 0.860. The summed E-state index contributed by atoms with van der Waals surface area (Å²) in [6.45, 7) is 3.63. The molecule has 1 aliphatic heterocycles. The lowest BCUT2D eigenvalue weighted by molar-refractivity contribution is -0.626. The summed E-state index contributed by atoms with van der Waals surface area (Å²) >= 11 is 1.68. The quantitative estimate of drug-likeness (QED) is 0.847. The van der Waals surface area contributed by atoms with Crippen LogP contribution in [0.3, 0.4) is 0 Å². The standard InChI is InChI=1S/C15H22N2O3S/c1-10-14(18)17(8-7-16-2)15(21-10)11-5-6-12(19-3)13(9-11)20-4/h5-6,9-10,15-16H,7-8H2,1-4H3/p+1/t10-,15-/m0/s1. The number of thioether (sulfide) groups is 1. The van der Waals surface area contributed by atoms with Gasteiger partial charge < -0.3 is 19.7 Å². The molecule has 0 saturated carbocycles. The van der Waals surface area contributed by atoms with Crippen molar-refractivity contribution in [3.05, 3.63) is 23.8 Å². The molecule has 6 heteroatoms. The first-order valence-electron chi connectivity index (χ1n) is 7.08. The maximum Gasteiger partial charge on any atom is 0.236 e. The first-order chi connectivity index (χ1) is 10.1. The van der Waals surface area contributed by atoms with Gasteiger partial charge in [0.05, 0.1) is 39.6 Å². The molecule has 0 bridgehead atoms. The third-order valence-corrected chi connectivity index (χ3v) is 4.99. The molecule has 1 saturated heterocycles. The van der Waals surface area contributed by atoms with E-state index in [1.54, 1.807) is 26.0 Å². The Labute approximate surface area is 130 Å². The lowest BCUT2D eigenvalue weighted by Gasteiger charge is -2.23. The zero-order chi connectivity index (χ0) is 15.4. The molecule has 116 valence electrons. The number of quaternary nitrogens is 1. The Morgan fingerprint density at radius 1 is 1.29 bits per heavy atom. The molecule has 2 atom stereocenters. The highest BCUT2D eigenvalue weighted by atomic mass is 32.2. The number of ether oxygens (including phenoxy) is 2. The van der Waals surface area contributed by atoms with Crippen molar-refractivity contribution in [3.63, 3.8) is 0 Å². The fourth-order valence-electron chi connectivity index (χ4n) is 2.43. The van der Waals surface area contributed by atoms with Crippen molar-refractivity contribution in [1.82, 2.24) is 4.90 Å². The summed E-state index contributed by atoms with van der Waals surface area (Å²) in [6, 6.07) is 5.86. The van der Waals surface area contributed by atoms with Crippen LogP contribution in [0.25, 0.3) is 0 Å². The molecule has 1 aliphatic rings. The molecular formula is C15H23N2O3S+. The van der Waals surface area contributed by atoms with Gasteiger partial charge in [-0.15, -0.1) is 11.8 Å². The average Bonchev–Trinajstić information content (AvgIpc) is 2.79. The van der Waals surface area contributed by atoms with Crippen LogP contribution in [0.5, 0.6) is 11.5 Å². The van der Waals surface area contributed by atoms with Crippen LogP contribution in [-0.2, 0) is 4.79 Å². The van der Waals surface area contributed by atoms with E-state index in [1.807, 2.05) is 37.1 Å². The Kier molecular flexibility index (Phi) is 5.36. The van der Waals surface area contributed by atoms with Crippen LogP contribution < -0.4 is 14.8 Å². The SMILES string of the molecule is C[NH2+]CCN1C(=O)[C@H](C)S[C@H]1c1ccc(OC)c(OC)c1. The van der Waals surface area contributed by atoms with Gasteiger partial charge in [-0.05, 0) is 24.6 Å². The number of hydrogen-bond donors (Lipinski definition) is 1. The highest BCUT2D eigenvalue weighted by Gasteiger charge is 2.38. The predicted molar refractivity (Wildman–Crippen MR) is 83.8 cm³/mol. The highest BCUT2D eigenvalue weighted by molar-refractivity contribution is 8.01. The van der Waals surface area contributed by atoms with E-state index in [0.717, 1.165) is 18.7 Å². The van der Waals surface area contributed by atoms with Gasteiger partial charge in [0.1, 0.15) is 5.37 Å². The second-order valence-corrected chi connectivity index (χ2v) is 6.40. The number of likely N-dealkylation sites (N-methyl/N-ethyl adjacent to an activating group) is 1. The second-order valence-electron chi connectivity index (χ2n) is 4.97. The molecule has 0 aromatic heterocycles. The summed E-state index contributed by atoms with van der Waals surface area (Å²) < 4.78 is 10.6. The number of methoxy groups -OCH3 is 2. The number of carbonyl (C=O) groups excluding carboxylic acids is 1. The Hall–Kier alpha value is -1.40. The second kappa shape index (κ2) is 7.04. The van der Waals surface area contributed by atoms with Crippen molar-refractivity contribution >= 4 is 17.7 Å². The summed E-state index contributed by atoms with van der Waals surface area (Å²) in [7, 11) is 5.26. The van der Waals surface area contributed by atoms with Crippen molar-refractivity contribution in [2.45, 2.75) is 17.5 Å². The maximum absolute atomic E-state index is 12.3. The fourth-order valence-corrected chi connectivity index (χ4v) is 3.73. The van der Waals surface area contributed by atoms with Crippen molar-refractivity contribution in [2.75, 3.05) is 34.4 Å². The highest BCUT2D eigenvalue weighted by Crippen LogP contribution is 2.44. The van der Waals surface area contributed by atoms with Gasteiger partial charge in [-0.1, -0.05) is 6.07 Å². The molecule has 1 aromatic carbocycles. The molecule has 1 fully saturated rings. The minimum absolute atomic E-state index is 0.0000438. The van der Waals surface area contributed by atoms with Crippen LogP contribution in [0, 0.1) is 0 Å². The van der Waals surface area contributed by atoms with Crippen molar-refractivity contribution in [3.8, 4) is 11.5 Å². The molecule has 5 nitrogen and oxygen atoms in total. The summed E-state index contributed by atoms with van der Waals surface area (Å²) in [5.74, 6) is 1.61. The molecule has 0 aliphatic carbocycles. The molecule has 2 rings (SSSR count). The third kappa shape index (κ3) is 3.27. The largest absolute Gasteiger partial charge is 0.493 e. The zero-order valence-electron chi connectivity index (χ0n) is 13.0. The van der Waals surface area contributed by atoms with Gasteiger partial charge in [-0.2, -0.15) is 0 Å². The zero-order valence-corrected chi connectivity index (χ0v) is 13.8.